The fourth-order valence-electron chi connectivity index (χ4n) is 1.74. The average molecular weight is 355 g/mol. The first-order valence-electron chi connectivity index (χ1n) is 5.97. The summed E-state index contributed by atoms with van der Waals surface area (Å²) in [5, 5.41) is 3.43. The SMILES string of the molecule is COc1ccc(Br)c(NC(=O)Cc2ccccc2Cl)c1. The summed E-state index contributed by atoms with van der Waals surface area (Å²) in [5.41, 5.74) is 1.46. The molecule has 0 aromatic heterocycles. The molecule has 0 radical (unpaired) electrons. The number of nitrogens with one attached hydrogen (secondary N) is 1. The second-order valence-electron chi connectivity index (χ2n) is 4.16. The number of amides is 1. The topological polar surface area (TPSA) is 38.3 Å². The second kappa shape index (κ2) is 6.77. The van der Waals surface area contributed by atoms with Crippen LogP contribution in [0.15, 0.2) is 46.9 Å². The highest BCUT2D eigenvalue weighted by atomic mass is 79.9. The van der Waals surface area contributed by atoms with Crippen LogP contribution in [0, 0.1) is 0 Å². The maximum atomic E-state index is 12.1. The molecule has 0 saturated carbocycles. The third kappa shape index (κ3) is 3.74. The first-order chi connectivity index (χ1) is 9.60. The van der Waals surface area contributed by atoms with Gasteiger partial charge < -0.3 is 10.1 Å². The summed E-state index contributed by atoms with van der Waals surface area (Å²) in [7, 11) is 1.58. The number of methoxy groups -OCH3 is 1. The van der Waals surface area contributed by atoms with E-state index in [4.69, 9.17) is 16.3 Å². The van der Waals surface area contributed by atoms with Crippen LogP contribution in [0.5, 0.6) is 5.75 Å². The zero-order valence-electron chi connectivity index (χ0n) is 10.8. The van der Waals surface area contributed by atoms with Gasteiger partial charge in [-0.15, -0.1) is 0 Å². The summed E-state index contributed by atoms with van der Waals surface area (Å²) in [4.78, 5) is 12.1. The minimum absolute atomic E-state index is 0.132. The van der Waals surface area contributed by atoms with Crippen molar-refractivity contribution in [2.75, 3.05) is 12.4 Å². The molecule has 3 nitrogen and oxygen atoms in total. The van der Waals surface area contributed by atoms with Crippen molar-refractivity contribution >= 4 is 39.1 Å². The molecule has 2 aromatic carbocycles. The predicted octanol–water partition coefficient (Wildman–Crippen LogP) is 4.29. The van der Waals surface area contributed by atoms with Gasteiger partial charge in [0.1, 0.15) is 5.75 Å². The molecule has 1 N–H and O–H groups in total. The number of rotatable bonds is 4. The number of hydrogen-bond acceptors (Lipinski definition) is 2. The molecule has 0 bridgehead atoms. The van der Waals surface area contributed by atoms with Gasteiger partial charge in [0.15, 0.2) is 0 Å². The molecule has 0 saturated heterocycles. The maximum absolute atomic E-state index is 12.1. The molecule has 2 aromatic rings. The number of halogens is 2. The highest BCUT2D eigenvalue weighted by Gasteiger charge is 2.09. The molecule has 0 aliphatic rings. The molecular formula is C15H13BrClNO2. The standard InChI is InChI=1S/C15H13BrClNO2/c1-20-11-6-7-12(16)14(9-11)18-15(19)8-10-4-2-3-5-13(10)17/h2-7,9H,8H2,1H3,(H,18,19). The number of carbonyl (C=O) groups excluding carboxylic acids is 1. The third-order valence-electron chi connectivity index (χ3n) is 2.76. The lowest BCUT2D eigenvalue weighted by Crippen LogP contribution is -2.15. The molecule has 5 heteroatoms. The van der Waals surface area contributed by atoms with Gasteiger partial charge in [-0.25, -0.2) is 0 Å². The van der Waals surface area contributed by atoms with E-state index in [1.165, 1.54) is 0 Å². The minimum atomic E-state index is -0.132. The number of anilines is 1. The van der Waals surface area contributed by atoms with E-state index >= 15 is 0 Å². The molecule has 0 unspecified atom stereocenters. The van der Waals surface area contributed by atoms with Gasteiger partial charge in [0, 0.05) is 15.6 Å². The Hall–Kier alpha value is -1.52. The van der Waals surface area contributed by atoms with Crippen molar-refractivity contribution in [3.63, 3.8) is 0 Å². The minimum Gasteiger partial charge on any atom is -0.497 e. The largest absolute Gasteiger partial charge is 0.497 e. The number of carbonyl (C=O) groups is 1. The van der Waals surface area contributed by atoms with Gasteiger partial charge in [0.2, 0.25) is 5.91 Å². The summed E-state index contributed by atoms with van der Waals surface area (Å²) in [6, 6.07) is 12.7. The molecule has 104 valence electrons. The van der Waals surface area contributed by atoms with Crippen LogP contribution >= 0.6 is 27.5 Å². The Morgan fingerprint density at radius 1 is 1.30 bits per heavy atom. The van der Waals surface area contributed by atoms with Crippen LogP contribution < -0.4 is 10.1 Å². The Kier molecular flexibility index (Phi) is 5.04. The number of benzene rings is 2. The summed E-state index contributed by atoms with van der Waals surface area (Å²) in [5.74, 6) is 0.549. The maximum Gasteiger partial charge on any atom is 0.228 e. The summed E-state index contributed by atoms with van der Waals surface area (Å²) >= 11 is 9.43. The van der Waals surface area contributed by atoms with Crippen molar-refractivity contribution in [2.45, 2.75) is 6.42 Å². The summed E-state index contributed by atoms with van der Waals surface area (Å²) in [6.45, 7) is 0. The lowest BCUT2D eigenvalue weighted by molar-refractivity contribution is -0.115. The zero-order valence-corrected chi connectivity index (χ0v) is 13.2. The van der Waals surface area contributed by atoms with Crippen molar-refractivity contribution < 1.29 is 9.53 Å². The van der Waals surface area contributed by atoms with Crippen LogP contribution in [0.2, 0.25) is 5.02 Å². The fourth-order valence-corrected chi connectivity index (χ4v) is 2.28. The van der Waals surface area contributed by atoms with E-state index < -0.39 is 0 Å². The first-order valence-corrected chi connectivity index (χ1v) is 7.14. The van der Waals surface area contributed by atoms with Gasteiger partial charge in [-0.3, -0.25) is 4.79 Å². The normalized spacial score (nSPS) is 10.2. The molecular weight excluding hydrogens is 342 g/mol. The zero-order chi connectivity index (χ0) is 14.5. The number of hydrogen-bond donors (Lipinski definition) is 1. The second-order valence-corrected chi connectivity index (χ2v) is 5.42. The molecule has 0 spiro atoms. The van der Waals surface area contributed by atoms with Crippen LogP contribution in [0.4, 0.5) is 5.69 Å². The van der Waals surface area contributed by atoms with Gasteiger partial charge in [0.05, 0.1) is 19.2 Å². The smallest absolute Gasteiger partial charge is 0.228 e. The van der Waals surface area contributed by atoms with Crippen molar-refractivity contribution in [3.8, 4) is 5.75 Å². The quantitative estimate of drug-likeness (QED) is 0.889. The lowest BCUT2D eigenvalue weighted by Gasteiger charge is -2.10. The monoisotopic (exact) mass is 353 g/mol. The van der Waals surface area contributed by atoms with E-state index in [2.05, 4.69) is 21.2 Å². The molecule has 2 rings (SSSR count). The Bertz CT molecular complexity index is 631. The Labute approximate surface area is 131 Å². The highest BCUT2D eigenvalue weighted by molar-refractivity contribution is 9.10. The first kappa shape index (κ1) is 14.9. The van der Waals surface area contributed by atoms with Crippen molar-refractivity contribution in [1.29, 1.82) is 0 Å². The Morgan fingerprint density at radius 2 is 2.05 bits per heavy atom. The summed E-state index contributed by atoms with van der Waals surface area (Å²) < 4.78 is 5.93. The highest BCUT2D eigenvalue weighted by Crippen LogP contribution is 2.27. The van der Waals surface area contributed by atoms with Gasteiger partial charge in [-0.1, -0.05) is 29.8 Å². The van der Waals surface area contributed by atoms with Gasteiger partial charge in [-0.05, 0) is 39.7 Å². The predicted molar refractivity (Wildman–Crippen MR) is 84.5 cm³/mol. The fraction of sp³-hybridized carbons (Fsp3) is 0.133. The Balaban J connectivity index is 2.10. The van der Waals surface area contributed by atoms with E-state index in [0.29, 0.717) is 16.5 Å². The average Bonchev–Trinajstić information content (AvgIpc) is 2.44. The number of ether oxygens (including phenoxy) is 1. The molecule has 1 amide bonds. The molecule has 0 aliphatic heterocycles. The van der Waals surface area contributed by atoms with Gasteiger partial charge >= 0.3 is 0 Å². The van der Waals surface area contributed by atoms with Crippen LogP contribution in [0.3, 0.4) is 0 Å². The van der Waals surface area contributed by atoms with Crippen molar-refractivity contribution in [1.82, 2.24) is 0 Å². The molecule has 0 heterocycles. The van der Waals surface area contributed by atoms with Gasteiger partial charge in [-0.2, -0.15) is 0 Å². The van der Waals surface area contributed by atoms with E-state index in [0.717, 1.165) is 10.0 Å². The Morgan fingerprint density at radius 3 is 2.75 bits per heavy atom. The lowest BCUT2D eigenvalue weighted by atomic mass is 10.1. The molecule has 0 fully saturated rings. The molecule has 20 heavy (non-hydrogen) atoms. The van der Waals surface area contributed by atoms with Crippen molar-refractivity contribution in [3.05, 3.63) is 57.5 Å². The van der Waals surface area contributed by atoms with E-state index in [9.17, 15) is 4.79 Å². The van der Waals surface area contributed by atoms with Crippen LogP contribution in [0.25, 0.3) is 0 Å². The van der Waals surface area contributed by atoms with Crippen LogP contribution in [-0.2, 0) is 11.2 Å². The van der Waals surface area contributed by atoms with E-state index in [1.54, 1.807) is 19.2 Å². The third-order valence-corrected chi connectivity index (χ3v) is 3.82. The summed E-state index contributed by atoms with van der Waals surface area (Å²) in [6.07, 6.45) is 0.226. The van der Waals surface area contributed by atoms with Gasteiger partial charge in [0.25, 0.3) is 0 Å². The van der Waals surface area contributed by atoms with Crippen LogP contribution in [-0.4, -0.2) is 13.0 Å². The molecule has 0 aliphatic carbocycles. The van der Waals surface area contributed by atoms with Crippen LogP contribution in [0.1, 0.15) is 5.56 Å². The van der Waals surface area contributed by atoms with E-state index in [1.807, 2.05) is 30.3 Å². The van der Waals surface area contributed by atoms with E-state index in [-0.39, 0.29) is 12.3 Å². The molecule has 0 atom stereocenters. The van der Waals surface area contributed by atoms with Crippen molar-refractivity contribution in [2.24, 2.45) is 0 Å².